The van der Waals surface area contributed by atoms with E-state index in [9.17, 15) is 19.7 Å². The van der Waals surface area contributed by atoms with Crippen LogP contribution in [0.2, 0.25) is 0 Å². The van der Waals surface area contributed by atoms with Gasteiger partial charge in [-0.15, -0.1) is 0 Å². The number of ether oxygens (including phenoxy) is 4. The van der Waals surface area contributed by atoms with E-state index >= 15 is 0 Å². The first-order valence-electron chi connectivity index (χ1n) is 8.92. The van der Waals surface area contributed by atoms with Gasteiger partial charge in [-0.2, -0.15) is 0 Å². The zero-order valence-corrected chi connectivity index (χ0v) is 16.2. The predicted molar refractivity (Wildman–Crippen MR) is 103 cm³/mol. The lowest BCUT2D eigenvalue weighted by Crippen LogP contribution is -2.50. The number of hydrogen-bond acceptors (Lipinski definition) is 8. The van der Waals surface area contributed by atoms with Gasteiger partial charge in [-0.1, -0.05) is 12.1 Å². The normalized spacial score (nSPS) is 14.4. The van der Waals surface area contributed by atoms with Crippen LogP contribution in [0.25, 0.3) is 0 Å². The van der Waals surface area contributed by atoms with Crippen LogP contribution in [0.15, 0.2) is 36.4 Å². The SMILES string of the molecule is CCOc1cc([N+](=O)[O-])c(C(=O)NNC(=O)C2COc3ccccc3O2)cc1OC. The highest BCUT2D eigenvalue weighted by Gasteiger charge is 2.29. The van der Waals surface area contributed by atoms with Crippen LogP contribution in [0.5, 0.6) is 23.0 Å². The van der Waals surface area contributed by atoms with Gasteiger partial charge in [0.15, 0.2) is 23.0 Å². The van der Waals surface area contributed by atoms with Gasteiger partial charge in [-0.05, 0) is 19.1 Å². The molecular weight excluding hydrogens is 398 g/mol. The summed E-state index contributed by atoms with van der Waals surface area (Å²) in [6.07, 6.45) is -1.01. The summed E-state index contributed by atoms with van der Waals surface area (Å²) < 4.78 is 21.4. The Hall–Kier alpha value is -4.02. The Morgan fingerprint density at radius 1 is 1.20 bits per heavy atom. The van der Waals surface area contributed by atoms with Crippen LogP contribution in [0.3, 0.4) is 0 Å². The molecule has 0 fully saturated rings. The molecule has 2 aromatic rings. The summed E-state index contributed by atoms with van der Waals surface area (Å²) in [5.41, 5.74) is 3.51. The van der Waals surface area contributed by atoms with E-state index in [0.29, 0.717) is 11.5 Å². The second kappa shape index (κ2) is 8.99. The fraction of sp³-hybridized carbons (Fsp3) is 0.263. The van der Waals surface area contributed by atoms with Crippen LogP contribution in [0, 0.1) is 10.1 Å². The van der Waals surface area contributed by atoms with Crippen molar-refractivity contribution in [1.82, 2.24) is 10.9 Å². The minimum Gasteiger partial charge on any atom is -0.493 e. The van der Waals surface area contributed by atoms with E-state index < -0.39 is 28.5 Å². The molecule has 1 atom stereocenters. The summed E-state index contributed by atoms with van der Waals surface area (Å²) in [4.78, 5) is 35.5. The number of rotatable bonds is 6. The summed E-state index contributed by atoms with van der Waals surface area (Å²) in [6, 6.07) is 9.09. The lowest BCUT2D eigenvalue weighted by Gasteiger charge is -2.25. The lowest BCUT2D eigenvalue weighted by molar-refractivity contribution is -0.385. The average Bonchev–Trinajstić information content (AvgIpc) is 2.76. The zero-order chi connectivity index (χ0) is 21.7. The van der Waals surface area contributed by atoms with Crippen molar-refractivity contribution < 1.29 is 33.5 Å². The van der Waals surface area contributed by atoms with E-state index in [1.807, 2.05) is 0 Å². The molecule has 2 N–H and O–H groups in total. The number of nitrogens with one attached hydrogen (secondary N) is 2. The molecule has 11 heteroatoms. The highest BCUT2D eigenvalue weighted by Crippen LogP contribution is 2.35. The number of methoxy groups -OCH3 is 1. The first kappa shape index (κ1) is 20.7. The molecule has 1 aliphatic rings. The standard InChI is InChI=1S/C19H19N3O8/c1-3-28-16-9-12(22(25)26)11(8-15(16)27-2)18(23)20-21-19(24)17-10-29-13-6-4-5-7-14(13)30-17/h4-9,17H,3,10H2,1-2H3,(H,20,23)(H,21,24). The largest absolute Gasteiger partial charge is 0.493 e. The minimum absolute atomic E-state index is 0.0598. The molecule has 0 spiro atoms. The number of hydrogen-bond donors (Lipinski definition) is 2. The Morgan fingerprint density at radius 2 is 1.93 bits per heavy atom. The van der Waals surface area contributed by atoms with Gasteiger partial charge >= 0.3 is 0 Å². The smallest absolute Gasteiger partial charge is 0.286 e. The number of nitro groups is 1. The van der Waals surface area contributed by atoms with E-state index in [2.05, 4.69) is 10.9 Å². The molecule has 11 nitrogen and oxygen atoms in total. The van der Waals surface area contributed by atoms with Crippen LogP contribution in [-0.4, -0.2) is 43.2 Å². The summed E-state index contributed by atoms with van der Waals surface area (Å²) in [6.45, 7) is 1.90. The van der Waals surface area contributed by atoms with Crippen LogP contribution in [0.1, 0.15) is 17.3 Å². The van der Waals surface area contributed by atoms with Gasteiger partial charge in [-0.3, -0.25) is 30.6 Å². The van der Waals surface area contributed by atoms with Crippen molar-refractivity contribution in [2.45, 2.75) is 13.0 Å². The third kappa shape index (κ3) is 4.35. The molecule has 2 amide bonds. The van der Waals surface area contributed by atoms with Crippen molar-refractivity contribution in [1.29, 1.82) is 0 Å². The monoisotopic (exact) mass is 417 g/mol. The molecule has 30 heavy (non-hydrogen) atoms. The molecule has 0 aromatic heterocycles. The molecule has 0 aliphatic carbocycles. The average molecular weight is 417 g/mol. The highest BCUT2D eigenvalue weighted by molar-refractivity contribution is 6.00. The van der Waals surface area contributed by atoms with E-state index in [0.717, 1.165) is 6.07 Å². The summed E-state index contributed by atoms with van der Waals surface area (Å²) in [7, 11) is 1.34. The second-order valence-electron chi connectivity index (χ2n) is 6.02. The molecule has 2 aromatic carbocycles. The Kier molecular flexibility index (Phi) is 6.20. The number of nitro benzene ring substituents is 1. The number of benzene rings is 2. The van der Waals surface area contributed by atoms with Crippen LogP contribution >= 0.6 is 0 Å². The van der Waals surface area contributed by atoms with Gasteiger partial charge in [0.25, 0.3) is 17.5 Å². The third-order valence-electron chi connectivity index (χ3n) is 4.12. The van der Waals surface area contributed by atoms with Gasteiger partial charge in [0.05, 0.1) is 24.7 Å². The quantitative estimate of drug-likeness (QED) is 0.534. The number of hydrazine groups is 1. The van der Waals surface area contributed by atoms with Gasteiger partial charge in [0.1, 0.15) is 12.2 Å². The minimum atomic E-state index is -1.01. The molecule has 1 unspecified atom stereocenters. The van der Waals surface area contributed by atoms with Crippen molar-refractivity contribution in [2.75, 3.05) is 20.3 Å². The molecular formula is C19H19N3O8. The number of nitrogens with zero attached hydrogens (tertiary/aromatic N) is 1. The van der Waals surface area contributed by atoms with E-state index in [1.165, 1.54) is 13.2 Å². The summed E-state index contributed by atoms with van der Waals surface area (Å²) in [5, 5.41) is 11.4. The van der Waals surface area contributed by atoms with Crippen LogP contribution in [0.4, 0.5) is 5.69 Å². The van der Waals surface area contributed by atoms with Crippen molar-refractivity contribution in [3.8, 4) is 23.0 Å². The third-order valence-corrected chi connectivity index (χ3v) is 4.12. The molecule has 0 radical (unpaired) electrons. The molecule has 0 saturated heterocycles. The number of carbonyl (C=O) groups excluding carboxylic acids is 2. The highest BCUT2D eigenvalue weighted by atomic mass is 16.6. The number of amides is 2. The molecule has 158 valence electrons. The first-order valence-corrected chi connectivity index (χ1v) is 8.92. The summed E-state index contributed by atoms with van der Waals surface area (Å²) in [5.74, 6) is -0.435. The lowest BCUT2D eigenvalue weighted by atomic mass is 10.1. The molecule has 1 heterocycles. The second-order valence-corrected chi connectivity index (χ2v) is 6.02. The Bertz CT molecular complexity index is 978. The van der Waals surface area contributed by atoms with E-state index in [-0.39, 0.29) is 30.3 Å². The van der Waals surface area contributed by atoms with Crippen molar-refractivity contribution in [3.05, 3.63) is 52.1 Å². The Balaban J connectivity index is 1.71. The van der Waals surface area contributed by atoms with Gasteiger partial charge in [0, 0.05) is 6.07 Å². The summed E-state index contributed by atoms with van der Waals surface area (Å²) >= 11 is 0. The fourth-order valence-electron chi connectivity index (χ4n) is 2.72. The maximum Gasteiger partial charge on any atom is 0.286 e. The van der Waals surface area contributed by atoms with Crippen LogP contribution in [-0.2, 0) is 4.79 Å². The molecule has 3 rings (SSSR count). The topological polar surface area (TPSA) is 138 Å². The number of para-hydroxylation sites is 2. The fourth-order valence-corrected chi connectivity index (χ4v) is 2.72. The van der Waals surface area contributed by atoms with Crippen molar-refractivity contribution >= 4 is 17.5 Å². The Morgan fingerprint density at radius 3 is 2.60 bits per heavy atom. The van der Waals surface area contributed by atoms with E-state index in [4.69, 9.17) is 18.9 Å². The van der Waals surface area contributed by atoms with Gasteiger partial charge in [-0.25, -0.2) is 0 Å². The maximum atomic E-state index is 12.5. The van der Waals surface area contributed by atoms with Gasteiger partial charge in [0.2, 0.25) is 6.10 Å². The first-order chi connectivity index (χ1) is 14.4. The van der Waals surface area contributed by atoms with Crippen molar-refractivity contribution in [2.24, 2.45) is 0 Å². The molecule has 0 saturated carbocycles. The zero-order valence-electron chi connectivity index (χ0n) is 16.2. The van der Waals surface area contributed by atoms with Crippen LogP contribution < -0.4 is 29.8 Å². The maximum absolute atomic E-state index is 12.5. The molecule has 0 bridgehead atoms. The number of fused-ring (bicyclic) bond motifs is 1. The number of carbonyl (C=O) groups is 2. The molecule has 1 aliphatic heterocycles. The van der Waals surface area contributed by atoms with Gasteiger partial charge < -0.3 is 18.9 Å². The van der Waals surface area contributed by atoms with E-state index in [1.54, 1.807) is 31.2 Å². The van der Waals surface area contributed by atoms with Crippen molar-refractivity contribution in [3.63, 3.8) is 0 Å². The Labute approximate surface area is 171 Å². The predicted octanol–water partition coefficient (Wildman–Crippen LogP) is 1.60.